The minimum atomic E-state index is 0.474. The number of hydrogen-bond donors (Lipinski definition) is 1. The minimum Gasteiger partial charge on any atom is -0.493 e. The van der Waals surface area contributed by atoms with Gasteiger partial charge in [0.15, 0.2) is 0 Å². The fraction of sp³-hybridized carbons (Fsp3) is 0.457. The number of rotatable bonds is 3. The van der Waals surface area contributed by atoms with E-state index in [-0.39, 0.29) is 0 Å². The third-order valence-electron chi connectivity index (χ3n) is 9.20. The van der Waals surface area contributed by atoms with Crippen LogP contribution in [0.1, 0.15) is 64.5 Å². The van der Waals surface area contributed by atoms with Crippen LogP contribution in [0.15, 0.2) is 84.0 Å². The van der Waals surface area contributed by atoms with E-state index in [1.807, 2.05) is 6.08 Å². The third-order valence-corrected chi connectivity index (χ3v) is 9.20. The topological polar surface area (TPSA) is 33.1 Å². The molecule has 2 nitrogen and oxygen atoms in total. The van der Waals surface area contributed by atoms with Crippen LogP contribution in [0.4, 0.5) is 0 Å². The molecule has 0 bridgehead atoms. The summed E-state index contributed by atoms with van der Waals surface area (Å²) >= 11 is 0. The van der Waals surface area contributed by atoms with Crippen LogP contribution < -0.4 is 4.74 Å². The molecule has 0 radical (unpaired) electrons. The maximum absolute atomic E-state index is 8.17. The molecule has 6 unspecified atom stereocenters. The predicted octanol–water partition coefficient (Wildman–Crippen LogP) is 8.92. The second-order valence-corrected chi connectivity index (χ2v) is 11.9. The van der Waals surface area contributed by atoms with E-state index in [9.17, 15) is 0 Å². The van der Waals surface area contributed by atoms with E-state index in [0.29, 0.717) is 35.5 Å². The Bertz CT molecular complexity index is 1210. The molecule has 0 fully saturated rings. The summed E-state index contributed by atoms with van der Waals surface area (Å²) in [6.45, 7) is 10.2. The third kappa shape index (κ3) is 5.84. The standard InChI is InChI=1S/C35H43NO/c1-23-9-14-32(36)15-12-28(19-23)29-13-16-35-31(22-29)20-25(3)27(17-18-37-35)21-30-11-10-24(2)26(4)33-7-5-6-8-34(30)33/h5-8,10-13,15-16,19,22-27,33,36H,9,14,17-18,20-21H2,1-4H3. The van der Waals surface area contributed by atoms with Gasteiger partial charge in [-0.1, -0.05) is 82.4 Å². The molecule has 6 atom stereocenters. The highest BCUT2D eigenvalue weighted by Gasteiger charge is 2.29. The van der Waals surface area contributed by atoms with E-state index in [1.165, 1.54) is 27.8 Å². The second kappa shape index (κ2) is 11.3. The number of fused-ring (bicyclic) bond motifs is 2. The highest BCUT2D eigenvalue weighted by Crippen LogP contribution is 2.41. The summed E-state index contributed by atoms with van der Waals surface area (Å²) in [6, 6.07) is 6.72. The van der Waals surface area contributed by atoms with Crippen molar-refractivity contribution in [3.8, 4) is 5.75 Å². The molecule has 1 N–H and O–H groups in total. The van der Waals surface area contributed by atoms with Gasteiger partial charge in [-0.15, -0.1) is 0 Å². The van der Waals surface area contributed by atoms with Crippen LogP contribution in [0.2, 0.25) is 0 Å². The normalized spacial score (nSPS) is 31.8. The Kier molecular flexibility index (Phi) is 7.84. The molecule has 0 spiro atoms. The maximum atomic E-state index is 8.17. The molecule has 3 aliphatic carbocycles. The van der Waals surface area contributed by atoms with Crippen LogP contribution in [0.5, 0.6) is 5.75 Å². The molecule has 1 aromatic rings. The highest BCUT2D eigenvalue weighted by atomic mass is 16.5. The molecular weight excluding hydrogens is 450 g/mol. The summed E-state index contributed by atoms with van der Waals surface area (Å²) in [6.07, 6.45) is 25.7. The van der Waals surface area contributed by atoms with Crippen LogP contribution >= 0.6 is 0 Å². The van der Waals surface area contributed by atoms with Crippen LogP contribution in [0, 0.1) is 40.9 Å². The van der Waals surface area contributed by atoms with E-state index in [0.717, 1.165) is 50.2 Å². The summed E-state index contributed by atoms with van der Waals surface area (Å²) in [7, 11) is 0. The first kappa shape index (κ1) is 25.8. The predicted molar refractivity (Wildman–Crippen MR) is 157 cm³/mol. The minimum absolute atomic E-state index is 0.474. The summed E-state index contributed by atoms with van der Waals surface area (Å²) in [5.41, 5.74) is 7.56. The lowest BCUT2D eigenvalue weighted by atomic mass is 9.76. The number of hydrogen-bond acceptors (Lipinski definition) is 2. The molecule has 0 saturated heterocycles. The lowest BCUT2D eigenvalue weighted by molar-refractivity contribution is 0.222. The largest absolute Gasteiger partial charge is 0.493 e. The van der Waals surface area contributed by atoms with Crippen molar-refractivity contribution < 1.29 is 4.74 Å². The van der Waals surface area contributed by atoms with Gasteiger partial charge in [-0.05, 0) is 108 Å². The Labute approximate surface area is 224 Å². The van der Waals surface area contributed by atoms with Crippen LogP contribution in [0.25, 0.3) is 5.57 Å². The molecule has 1 aromatic carbocycles. The summed E-state index contributed by atoms with van der Waals surface area (Å²) in [5.74, 6) is 4.41. The van der Waals surface area contributed by atoms with Gasteiger partial charge in [0, 0.05) is 11.6 Å². The van der Waals surface area contributed by atoms with E-state index >= 15 is 0 Å². The molecule has 1 heterocycles. The lowest BCUT2D eigenvalue weighted by Gasteiger charge is -2.31. The summed E-state index contributed by atoms with van der Waals surface area (Å²) in [4.78, 5) is 0. The monoisotopic (exact) mass is 493 g/mol. The molecule has 0 aromatic heterocycles. The van der Waals surface area contributed by atoms with Gasteiger partial charge in [0.1, 0.15) is 5.75 Å². The quantitative estimate of drug-likeness (QED) is 0.448. The molecule has 4 aliphatic rings. The average Bonchev–Trinajstić information content (AvgIpc) is 3.00. The van der Waals surface area contributed by atoms with Crippen molar-refractivity contribution in [3.05, 3.63) is 95.2 Å². The number of benzene rings is 1. The molecule has 5 rings (SSSR count). The van der Waals surface area contributed by atoms with Crippen molar-refractivity contribution in [3.63, 3.8) is 0 Å². The van der Waals surface area contributed by atoms with Crippen molar-refractivity contribution in [2.45, 2.75) is 59.8 Å². The van der Waals surface area contributed by atoms with Crippen molar-refractivity contribution in [1.82, 2.24) is 0 Å². The van der Waals surface area contributed by atoms with E-state index < -0.39 is 0 Å². The molecule has 1 aliphatic heterocycles. The van der Waals surface area contributed by atoms with E-state index in [2.05, 4.69) is 94.5 Å². The Morgan fingerprint density at radius 2 is 1.81 bits per heavy atom. The summed E-state index contributed by atoms with van der Waals surface area (Å²) in [5, 5.41) is 8.17. The van der Waals surface area contributed by atoms with Gasteiger partial charge < -0.3 is 10.1 Å². The molecule has 0 saturated carbocycles. The zero-order valence-corrected chi connectivity index (χ0v) is 23.0. The fourth-order valence-corrected chi connectivity index (χ4v) is 6.45. The number of allylic oxidation sites excluding steroid dienone is 12. The highest BCUT2D eigenvalue weighted by molar-refractivity contribution is 5.95. The smallest absolute Gasteiger partial charge is 0.122 e. The second-order valence-electron chi connectivity index (χ2n) is 11.9. The fourth-order valence-electron chi connectivity index (χ4n) is 6.45. The first-order valence-electron chi connectivity index (χ1n) is 14.4. The number of nitrogens with one attached hydrogen (secondary N) is 1. The summed E-state index contributed by atoms with van der Waals surface area (Å²) < 4.78 is 6.36. The van der Waals surface area contributed by atoms with Crippen molar-refractivity contribution in [2.75, 3.05) is 6.61 Å². The number of ether oxygens (including phenoxy) is 1. The Balaban J connectivity index is 1.39. The van der Waals surface area contributed by atoms with Gasteiger partial charge in [-0.2, -0.15) is 0 Å². The van der Waals surface area contributed by atoms with Crippen LogP contribution in [0.3, 0.4) is 0 Å². The van der Waals surface area contributed by atoms with Gasteiger partial charge in [0.2, 0.25) is 0 Å². The molecular formula is C35H43NO. The Hall–Kier alpha value is -2.87. The van der Waals surface area contributed by atoms with E-state index in [4.69, 9.17) is 10.1 Å². The van der Waals surface area contributed by atoms with Crippen molar-refractivity contribution in [2.24, 2.45) is 35.5 Å². The first-order valence-corrected chi connectivity index (χ1v) is 14.4. The van der Waals surface area contributed by atoms with Gasteiger partial charge >= 0.3 is 0 Å². The Morgan fingerprint density at radius 3 is 2.68 bits per heavy atom. The molecule has 194 valence electrons. The van der Waals surface area contributed by atoms with Crippen LogP contribution in [-0.4, -0.2) is 12.3 Å². The van der Waals surface area contributed by atoms with Crippen molar-refractivity contribution >= 4 is 11.3 Å². The van der Waals surface area contributed by atoms with Crippen molar-refractivity contribution in [1.29, 1.82) is 5.41 Å². The maximum Gasteiger partial charge on any atom is 0.122 e. The zero-order valence-electron chi connectivity index (χ0n) is 23.0. The van der Waals surface area contributed by atoms with Gasteiger partial charge in [-0.3, -0.25) is 0 Å². The van der Waals surface area contributed by atoms with Gasteiger partial charge in [-0.25, -0.2) is 0 Å². The first-order chi connectivity index (χ1) is 17.9. The molecule has 0 amide bonds. The van der Waals surface area contributed by atoms with Crippen LogP contribution in [-0.2, 0) is 6.42 Å². The average molecular weight is 494 g/mol. The lowest BCUT2D eigenvalue weighted by Crippen LogP contribution is -2.22. The van der Waals surface area contributed by atoms with Gasteiger partial charge in [0.25, 0.3) is 0 Å². The zero-order chi connectivity index (χ0) is 25.9. The SMILES string of the molecule is CC1C=C(c2ccc3c(c2)CC(C)C(CC2=C4C=CC=CC4C(C)C(C)C=C2)CCO3)C=CC(=N)CC1. The van der Waals surface area contributed by atoms with E-state index in [1.54, 1.807) is 0 Å². The molecule has 2 heteroatoms. The molecule has 37 heavy (non-hydrogen) atoms. The Morgan fingerprint density at radius 1 is 0.946 bits per heavy atom. The van der Waals surface area contributed by atoms with Gasteiger partial charge in [0.05, 0.1) is 6.61 Å².